The van der Waals surface area contributed by atoms with Crippen molar-refractivity contribution in [2.75, 3.05) is 24.3 Å². The zero-order valence-electron chi connectivity index (χ0n) is 20.4. The van der Waals surface area contributed by atoms with Crippen molar-refractivity contribution in [2.24, 2.45) is 5.73 Å². The Morgan fingerprint density at radius 2 is 1.85 bits per heavy atom. The zero-order chi connectivity index (χ0) is 30.0. The molecule has 0 radical (unpaired) electrons. The monoisotopic (exact) mass is 635 g/mol. The molecule has 12 atom stereocenters. The van der Waals surface area contributed by atoms with Crippen molar-refractivity contribution in [2.45, 2.75) is 61.2 Å². The van der Waals surface area contributed by atoms with Crippen LogP contribution in [0.3, 0.4) is 0 Å². The van der Waals surface area contributed by atoms with Gasteiger partial charge in [-0.1, -0.05) is 6.58 Å². The molecule has 1 aromatic heterocycles. The number of nitrogen functional groups attached to an aromatic ring is 1. The van der Waals surface area contributed by atoms with E-state index in [1.54, 1.807) is 0 Å². The fourth-order valence-corrected chi connectivity index (χ4v) is 6.99. The van der Waals surface area contributed by atoms with E-state index in [9.17, 15) is 39.9 Å². The first kappa shape index (κ1) is 33.2. The number of aromatic nitrogens is 2. The first-order valence-electron chi connectivity index (χ1n) is 11.4. The Hall–Kier alpha value is -1.26. The Bertz CT molecular complexity index is 1140. The second-order valence-electron chi connectivity index (χ2n) is 8.64. The normalized spacial score (nSPS) is 36.4. The second-order valence-corrected chi connectivity index (χ2v) is 13.0. The van der Waals surface area contributed by atoms with Gasteiger partial charge in [0.15, 0.2) is 12.1 Å². The lowest BCUT2D eigenvalue weighted by atomic mass is 9.96. The highest BCUT2D eigenvalue weighted by Crippen LogP contribution is 2.61. The van der Waals surface area contributed by atoms with E-state index in [0.717, 1.165) is 6.33 Å². The van der Waals surface area contributed by atoms with Gasteiger partial charge in [0.05, 0.1) is 19.3 Å². The fourth-order valence-electron chi connectivity index (χ4n) is 3.89. The topological polar surface area (TPSA) is 315 Å². The van der Waals surface area contributed by atoms with E-state index in [1.165, 1.54) is 6.20 Å². The van der Waals surface area contributed by atoms with Crippen LogP contribution >= 0.6 is 14.5 Å². The van der Waals surface area contributed by atoms with Gasteiger partial charge in [0, 0.05) is 0 Å². The molecular formula is C18H31N5O14P2S. The molecular weight excluding hydrogens is 604 g/mol. The number of ether oxygens (including phenoxy) is 2. The lowest BCUT2D eigenvalue weighted by Gasteiger charge is -2.41. The van der Waals surface area contributed by atoms with Crippen LogP contribution < -0.4 is 16.8 Å². The zero-order valence-corrected chi connectivity index (χ0v) is 23.0. The van der Waals surface area contributed by atoms with Gasteiger partial charge < -0.3 is 71.2 Å². The van der Waals surface area contributed by atoms with Crippen LogP contribution in [0.5, 0.6) is 0 Å². The summed E-state index contributed by atoms with van der Waals surface area (Å²) >= 11 is 4.74. The van der Waals surface area contributed by atoms with E-state index < -0.39 is 88.9 Å². The number of hydrogen-bond donors (Lipinski definition) is 11. The van der Waals surface area contributed by atoms with E-state index in [4.69, 9.17) is 42.4 Å². The van der Waals surface area contributed by atoms with Crippen molar-refractivity contribution < 1.29 is 67.8 Å². The molecule has 0 aromatic carbocycles. The number of phosphoric acid groups is 1. The summed E-state index contributed by atoms with van der Waals surface area (Å²) in [5, 5.41) is 62.1. The maximum atomic E-state index is 12.5. The lowest BCUT2D eigenvalue weighted by Crippen LogP contribution is -2.61. The molecule has 22 heteroatoms. The summed E-state index contributed by atoms with van der Waals surface area (Å²) in [5.74, 6) is 0.0261. The van der Waals surface area contributed by atoms with E-state index in [-0.39, 0.29) is 17.2 Å². The maximum Gasteiger partial charge on any atom is 0.481 e. The van der Waals surface area contributed by atoms with Gasteiger partial charge in [-0.05, 0) is 18.0 Å². The highest BCUT2D eigenvalue weighted by atomic mass is 32.5. The third kappa shape index (κ3) is 7.57. The van der Waals surface area contributed by atoms with Crippen LogP contribution in [0, 0.1) is 0 Å². The van der Waals surface area contributed by atoms with Gasteiger partial charge in [-0.15, -0.1) is 0 Å². The van der Waals surface area contributed by atoms with Gasteiger partial charge >= 0.3 is 14.5 Å². The summed E-state index contributed by atoms with van der Waals surface area (Å²) in [7, 11) is -5.42. The molecule has 0 aliphatic carbocycles. The first-order valence-corrected chi connectivity index (χ1v) is 15.5. The van der Waals surface area contributed by atoms with Crippen LogP contribution in [0.2, 0.25) is 0 Å². The Labute approximate surface area is 231 Å². The van der Waals surface area contributed by atoms with Gasteiger partial charge in [0.1, 0.15) is 66.5 Å². The summed E-state index contributed by atoms with van der Waals surface area (Å²) in [6, 6.07) is -1.13. The summed E-state index contributed by atoms with van der Waals surface area (Å²) < 4.78 is 37.5. The molecule has 2 saturated heterocycles. The Kier molecular flexibility index (Phi) is 11.1. The van der Waals surface area contributed by atoms with Crippen molar-refractivity contribution in [1.82, 2.24) is 9.97 Å². The van der Waals surface area contributed by atoms with Gasteiger partial charge in [-0.2, -0.15) is 0 Å². The smallest absolute Gasteiger partial charge is 0.394 e. The minimum absolute atomic E-state index is 0.0261. The number of aliphatic hydroxyl groups is 6. The van der Waals surface area contributed by atoms with Crippen molar-refractivity contribution in [3.8, 4) is 0 Å². The number of nitrogens with zero attached hydrogens (tertiary/aromatic N) is 2. The predicted molar refractivity (Wildman–Crippen MR) is 136 cm³/mol. The van der Waals surface area contributed by atoms with Crippen LogP contribution in [0.4, 0.5) is 11.5 Å². The number of nitrogens with two attached hydrogens (primary N) is 2. The largest absolute Gasteiger partial charge is 0.481 e. The van der Waals surface area contributed by atoms with Crippen molar-refractivity contribution in [3.05, 3.63) is 24.8 Å². The quantitative estimate of drug-likeness (QED) is 0.0983. The molecule has 19 nitrogen and oxygen atoms in total. The molecule has 8 unspecified atom stereocenters. The molecule has 40 heavy (non-hydrogen) atoms. The average Bonchev–Trinajstić information content (AvgIpc) is 3.16. The lowest BCUT2D eigenvalue weighted by molar-refractivity contribution is -0.292. The third-order valence-electron chi connectivity index (χ3n) is 5.90. The van der Waals surface area contributed by atoms with Crippen molar-refractivity contribution in [1.29, 1.82) is 0 Å². The molecule has 0 bridgehead atoms. The number of aliphatic hydroxyl groups excluding tert-OH is 6. The molecule has 2 aliphatic heterocycles. The van der Waals surface area contributed by atoms with Crippen LogP contribution in [0.25, 0.3) is 0 Å². The number of rotatable bonds is 12. The maximum absolute atomic E-state index is 12.5. The summed E-state index contributed by atoms with van der Waals surface area (Å²) in [6.07, 6.45) is -13.0. The molecule has 13 N–H and O–H groups in total. The summed E-state index contributed by atoms with van der Waals surface area (Å²) in [5.41, 5.74) is 12.2. The van der Waals surface area contributed by atoms with Crippen molar-refractivity contribution >= 4 is 37.9 Å². The van der Waals surface area contributed by atoms with E-state index in [2.05, 4.69) is 30.7 Å². The molecule has 1 aromatic rings. The van der Waals surface area contributed by atoms with Crippen LogP contribution in [0.1, 0.15) is 11.8 Å². The summed E-state index contributed by atoms with van der Waals surface area (Å²) in [6.45, 7) is -2.68. The molecule has 0 amide bonds. The minimum atomic E-state index is -5.42. The van der Waals surface area contributed by atoms with Crippen molar-refractivity contribution in [3.63, 3.8) is 0 Å². The Morgan fingerprint density at radius 3 is 2.48 bits per heavy atom. The van der Waals surface area contributed by atoms with E-state index in [1.807, 2.05) is 0 Å². The number of nitrogens with one attached hydrogen (secondary N) is 1. The molecule has 3 heterocycles. The fraction of sp³-hybridized carbons (Fsp3) is 0.667. The second kappa shape index (κ2) is 13.4. The SMILES string of the molecule is C=CNc1c(N)ncnc1C1O[C@H](COP(O)(=S)OP(=O)(O)OC2OC([C@@H](O)CO)C(O)C(O)C2O)[C@@H](N)[C@H]1O. The van der Waals surface area contributed by atoms with Crippen LogP contribution in [-0.2, 0) is 39.2 Å². The van der Waals surface area contributed by atoms with Crippen LogP contribution in [-0.4, -0.2) is 119 Å². The molecule has 0 spiro atoms. The first-order chi connectivity index (χ1) is 18.6. The van der Waals surface area contributed by atoms with E-state index >= 15 is 0 Å². The highest BCUT2D eigenvalue weighted by molar-refractivity contribution is 8.08. The van der Waals surface area contributed by atoms with Gasteiger partial charge in [-0.25, -0.2) is 18.8 Å². The van der Waals surface area contributed by atoms with Gasteiger partial charge in [0.25, 0.3) is 0 Å². The molecule has 3 rings (SSSR count). The third-order valence-corrected chi connectivity index (χ3v) is 9.41. The molecule has 2 fully saturated rings. The predicted octanol–water partition coefficient (Wildman–Crippen LogP) is -3.73. The minimum Gasteiger partial charge on any atom is -0.394 e. The molecule has 228 valence electrons. The molecule has 0 saturated carbocycles. The summed E-state index contributed by atoms with van der Waals surface area (Å²) in [4.78, 5) is 28.3. The molecule has 2 aliphatic rings. The van der Waals surface area contributed by atoms with Gasteiger partial charge in [-0.3, -0.25) is 4.52 Å². The number of hydrogen-bond acceptors (Lipinski definition) is 18. The number of phosphoric ester groups is 1. The van der Waals surface area contributed by atoms with Gasteiger partial charge in [0.2, 0.25) is 0 Å². The Morgan fingerprint density at radius 1 is 1.18 bits per heavy atom. The highest BCUT2D eigenvalue weighted by Gasteiger charge is 2.50. The standard InChI is InChI=1S/C18H31N5O14P2S/c1-2-21-10-9(22-5-23-17(10)20)16-11(26)8(19)7(34-16)4-33-39(32,40)37-38(30,31)36-18-14(29)12(27)13(28)15(35-18)6(25)3-24/h2,5-8,11-16,18,21,24-29H,1,3-4,19H2,(H,30,31)(H,32,40)(H2,20,22,23)/t6-,7+,8+,11+,12?,13?,14?,15?,16?,18?,39?/m0/s1. The van der Waals surface area contributed by atoms with E-state index in [0.29, 0.717) is 0 Å². The van der Waals surface area contributed by atoms with Crippen LogP contribution in [0.15, 0.2) is 19.1 Å². The average molecular weight is 635 g/mol. The Balaban J connectivity index is 1.64. The number of anilines is 2.